The molecule has 27 heavy (non-hydrogen) atoms. The van der Waals surface area contributed by atoms with Crippen LogP contribution in [-0.2, 0) is 19.1 Å². The molecular weight excluding hydrogens is 340 g/mol. The summed E-state index contributed by atoms with van der Waals surface area (Å²) in [5.41, 5.74) is 1.15. The summed E-state index contributed by atoms with van der Waals surface area (Å²) in [6.45, 7) is 5.56. The van der Waals surface area contributed by atoms with Gasteiger partial charge in [-0.25, -0.2) is 0 Å². The molecule has 0 amide bonds. The molecular formula is C23H30O4. The van der Waals surface area contributed by atoms with Crippen molar-refractivity contribution in [3.63, 3.8) is 0 Å². The van der Waals surface area contributed by atoms with Gasteiger partial charge in [0.15, 0.2) is 0 Å². The van der Waals surface area contributed by atoms with Crippen molar-refractivity contribution in [2.24, 2.45) is 28.6 Å². The number of ether oxygens (including phenoxy) is 2. The summed E-state index contributed by atoms with van der Waals surface area (Å²) >= 11 is 0. The van der Waals surface area contributed by atoms with E-state index in [0.29, 0.717) is 42.8 Å². The quantitative estimate of drug-likeness (QED) is 0.478. The van der Waals surface area contributed by atoms with Gasteiger partial charge in [0.2, 0.25) is 0 Å². The van der Waals surface area contributed by atoms with Crippen molar-refractivity contribution in [1.82, 2.24) is 0 Å². The number of carbonyl (C=O) groups is 2. The van der Waals surface area contributed by atoms with Crippen molar-refractivity contribution >= 4 is 11.8 Å². The maximum Gasteiger partial charge on any atom is 0.306 e. The maximum absolute atomic E-state index is 12.3. The second kappa shape index (κ2) is 4.87. The summed E-state index contributed by atoms with van der Waals surface area (Å²) in [6, 6.07) is 0. The maximum atomic E-state index is 12.3. The third-order valence-electron chi connectivity index (χ3n) is 10.0. The minimum absolute atomic E-state index is 0.00200. The van der Waals surface area contributed by atoms with Crippen LogP contribution in [-0.4, -0.2) is 29.6 Å². The van der Waals surface area contributed by atoms with Gasteiger partial charge in [-0.1, -0.05) is 25.5 Å². The largest absolute Gasteiger partial charge is 0.458 e. The SMILES string of the molecule is C[C@]12CC=C3[C@@H]([C@@H]4COC5(CC(=O)CC[C@]35C)C4)[C@@H]1CC[C@@]21CCC(=O)O1. The fourth-order valence-corrected chi connectivity index (χ4v) is 8.47. The van der Waals surface area contributed by atoms with E-state index in [9.17, 15) is 9.59 Å². The van der Waals surface area contributed by atoms with Crippen molar-refractivity contribution in [3.05, 3.63) is 11.6 Å². The van der Waals surface area contributed by atoms with Crippen LogP contribution in [0.4, 0.5) is 0 Å². The first-order chi connectivity index (χ1) is 12.8. The molecule has 5 fully saturated rings. The molecule has 2 spiro atoms. The Hall–Kier alpha value is -1.16. The highest BCUT2D eigenvalue weighted by Gasteiger charge is 2.71. The number of esters is 1. The molecule has 2 saturated heterocycles. The number of hydrogen-bond acceptors (Lipinski definition) is 4. The van der Waals surface area contributed by atoms with Gasteiger partial charge in [0.1, 0.15) is 11.4 Å². The summed E-state index contributed by atoms with van der Waals surface area (Å²) in [4.78, 5) is 24.3. The molecule has 146 valence electrons. The van der Waals surface area contributed by atoms with Gasteiger partial charge >= 0.3 is 5.97 Å². The van der Waals surface area contributed by atoms with Crippen LogP contribution in [0.3, 0.4) is 0 Å². The third kappa shape index (κ3) is 1.76. The van der Waals surface area contributed by atoms with Gasteiger partial charge in [0.05, 0.1) is 12.2 Å². The second-order valence-electron chi connectivity index (χ2n) is 10.7. The standard InChI is InChI=1S/C23H30O4/c1-20-8-4-16-19(17(20)5-9-22(20)10-6-18(25)27-22)14-11-23(26-13-14)12-15(24)3-7-21(16,23)2/h4,14,17,19H,3,5-13H2,1-2H3/t14-,17-,19+,20-,21+,22+,23?/m0/s1. The van der Waals surface area contributed by atoms with E-state index in [0.717, 1.165) is 45.1 Å². The lowest BCUT2D eigenvalue weighted by Crippen LogP contribution is -2.59. The molecule has 0 aromatic heterocycles. The van der Waals surface area contributed by atoms with Gasteiger partial charge < -0.3 is 9.47 Å². The van der Waals surface area contributed by atoms with Gasteiger partial charge in [0, 0.05) is 30.1 Å². The average Bonchev–Trinajstić information content (AvgIpc) is 3.28. The van der Waals surface area contributed by atoms with Crippen molar-refractivity contribution < 1.29 is 19.1 Å². The molecule has 3 saturated carbocycles. The predicted molar refractivity (Wildman–Crippen MR) is 98.8 cm³/mol. The Morgan fingerprint density at radius 2 is 1.93 bits per heavy atom. The highest BCUT2D eigenvalue weighted by Crippen LogP contribution is 2.72. The lowest BCUT2D eigenvalue weighted by Gasteiger charge is -2.59. The molecule has 0 aromatic carbocycles. The highest BCUT2D eigenvalue weighted by atomic mass is 16.6. The first-order valence-electron chi connectivity index (χ1n) is 10.9. The van der Waals surface area contributed by atoms with Crippen LogP contribution in [0.2, 0.25) is 0 Å². The Morgan fingerprint density at radius 3 is 2.70 bits per heavy atom. The van der Waals surface area contributed by atoms with E-state index in [4.69, 9.17) is 9.47 Å². The molecule has 2 heterocycles. The fourth-order valence-electron chi connectivity index (χ4n) is 8.47. The average molecular weight is 370 g/mol. The first-order valence-corrected chi connectivity index (χ1v) is 10.9. The minimum atomic E-state index is -0.251. The van der Waals surface area contributed by atoms with E-state index in [1.54, 1.807) is 5.57 Å². The lowest BCUT2D eigenvalue weighted by molar-refractivity contribution is -0.161. The molecule has 7 atom stereocenters. The topological polar surface area (TPSA) is 52.6 Å². The summed E-state index contributed by atoms with van der Waals surface area (Å²) in [5, 5.41) is 0. The van der Waals surface area contributed by atoms with Gasteiger partial charge in [0.25, 0.3) is 0 Å². The number of allylic oxidation sites excluding steroid dienone is 1. The molecule has 1 unspecified atom stereocenters. The van der Waals surface area contributed by atoms with Gasteiger partial charge in [-0.3, -0.25) is 9.59 Å². The Bertz CT molecular complexity index is 785. The fraction of sp³-hybridized carbons (Fsp3) is 0.826. The number of Topliss-reactive ketones (excluding diaryl/α,β-unsaturated/α-hetero) is 1. The lowest BCUT2D eigenvalue weighted by atomic mass is 9.45. The van der Waals surface area contributed by atoms with E-state index in [1.165, 1.54) is 0 Å². The van der Waals surface area contributed by atoms with Crippen molar-refractivity contribution in [3.8, 4) is 0 Å². The van der Waals surface area contributed by atoms with E-state index in [-0.39, 0.29) is 28.0 Å². The Balaban J connectivity index is 1.46. The molecule has 4 nitrogen and oxygen atoms in total. The number of rotatable bonds is 0. The molecule has 6 aliphatic rings. The van der Waals surface area contributed by atoms with Crippen LogP contribution in [0.25, 0.3) is 0 Å². The molecule has 6 rings (SSSR count). The van der Waals surface area contributed by atoms with Crippen LogP contribution in [0.5, 0.6) is 0 Å². The summed E-state index contributed by atoms with van der Waals surface area (Å²) in [6.07, 6.45) is 10.4. The van der Waals surface area contributed by atoms with Crippen LogP contribution in [0.15, 0.2) is 11.6 Å². The van der Waals surface area contributed by atoms with Crippen LogP contribution in [0, 0.1) is 28.6 Å². The van der Waals surface area contributed by atoms with Gasteiger partial charge in [-0.05, 0) is 56.3 Å². The van der Waals surface area contributed by atoms with E-state index in [2.05, 4.69) is 19.9 Å². The minimum Gasteiger partial charge on any atom is -0.458 e. The molecule has 0 aromatic rings. The Kier molecular flexibility index (Phi) is 3.02. The third-order valence-corrected chi connectivity index (χ3v) is 10.0. The number of fused-ring (bicyclic) bond motifs is 7. The molecule has 4 heteroatoms. The van der Waals surface area contributed by atoms with Crippen molar-refractivity contribution in [2.75, 3.05) is 6.61 Å². The zero-order chi connectivity index (χ0) is 18.7. The van der Waals surface area contributed by atoms with E-state index >= 15 is 0 Å². The van der Waals surface area contributed by atoms with Crippen molar-refractivity contribution in [1.29, 1.82) is 0 Å². The molecule has 4 aliphatic carbocycles. The summed E-state index contributed by atoms with van der Waals surface area (Å²) in [5.74, 6) is 2.01. The van der Waals surface area contributed by atoms with Crippen molar-refractivity contribution in [2.45, 2.75) is 82.8 Å². The zero-order valence-electron chi connectivity index (χ0n) is 16.5. The smallest absolute Gasteiger partial charge is 0.306 e. The highest BCUT2D eigenvalue weighted by molar-refractivity contribution is 5.81. The monoisotopic (exact) mass is 370 g/mol. The summed E-state index contributed by atoms with van der Waals surface area (Å²) < 4.78 is 12.5. The zero-order valence-corrected chi connectivity index (χ0v) is 16.5. The van der Waals surface area contributed by atoms with Crippen LogP contribution >= 0.6 is 0 Å². The Morgan fingerprint density at radius 1 is 1.07 bits per heavy atom. The normalized spacial score (nSPS) is 55.8. The van der Waals surface area contributed by atoms with Crippen LogP contribution in [0.1, 0.15) is 71.6 Å². The molecule has 0 radical (unpaired) electrons. The number of hydrogen-bond donors (Lipinski definition) is 0. The number of ketones is 1. The van der Waals surface area contributed by atoms with E-state index < -0.39 is 0 Å². The molecule has 0 N–H and O–H groups in total. The van der Waals surface area contributed by atoms with Gasteiger partial charge in [-0.15, -0.1) is 0 Å². The van der Waals surface area contributed by atoms with Crippen LogP contribution < -0.4 is 0 Å². The second-order valence-corrected chi connectivity index (χ2v) is 10.7. The van der Waals surface area contributed by atoms with Gasteiger partial charge in [-0.2, -0.15) is 0 Å². The molecule has 2 aliphatic heterocycles. The number of carbonyl (C=O) groups excluding carboxylic acids is 2. The Labute approximate surface area is 161 Å². The first kappa shape index (κ1) is 16.8. The summed E-state index contributed by atoms with van der Waals surface area (Å²) in [7, 11) is 0. The van der Waals surface area contributed by atoms with E-state index in [1.807, 2.05) is 0 Å². The molecule has 2 bridgehead atoms. The predicted octanol–water partition coefficient (Wildman–Crippen LogP) is 3.97.